The van der Waals surface area contributed by atoms with Crippen molar-refractivity contribution < 1.29 is 14.3 Å². The Morgan fingerprint density at radius 1 is 1.28 bits per heavy atom. The molecule has 2 saturated heterocycles. The zero-order chi connectivity index (χ0) is 17.1. The minimum Gasteiger partial charge on any atom is -0.492 e. The molecule has 1 N–H and O–H groups in total. The molecular formula is C18H22N4O3. The van der Waals surface area contributed by atoms with Gasteiger partial charge in [-0.3, -0.25) is 0 Å². The van der Waals surface area contributed by atoms with Crippen LogP contribution < -0.4 is 10.1 Å². The van der Waals surface area contributed by atoms with Crippen LogP contribution in [0.2, 0.25) is 0 Å². The van der Waals surface area contributed by atoms with E-state index in [0.717, 1.165) is 48.3 Å². The van der Waals surface area contributed by atoms with Gasteiger partial charge in [0.05, 0.1) is 24.3 Å². The number of ether oxygens (including phenoxy) is 2. The van der Waals surface area contributed by atoms with E-state index in [1.807, 2.05) is 18.2 Å². The maximum atomic E-state index is 11.4. The van der Waals surface area contributed by atoms with Crippen molar-refractivity contribution in [3.8, 4) is 5.75 Å². The third-order valence-electron chi connectivity index (χ3n) is 4.84. The van der Waals surface area contributed by atoms with Gasteiger partial charge in [0.15, 0.2) is 0 Å². The molecular weight excluding hydrogens is 320 g/mol. The Bertz CT molecular complexity index is 761. The second kappa shape index (κ2) is 7.23. The van der Waals surface area contributed by atoms with Crippen molar-refractivity contribution in [2.75, 3.05) is 39.4 Å². The first-order valence-corrected chi connectivity index (χ1v) is 8.81. The summed E-state index contributed by atoms with van der Waals surface area (Å²) in [7, 11) is 0. The van der Waals surface area contributed by atoms with Crippen molar-refractivity contribution in [3.05, 3.63) is 30.2 Å². The molecule has 0 aliphatic carbocycles. The number of benzene rings is 1. The maximum Gasteiger partial charge on any atom is 0.410 e. The van der Waals surface area contributed by atoms with Crippen LogP contribution in [-0.4, -0.2) is 60.4 Å². The van der Waals surface area contributed by atoms with Crippen molar-refractivity contribution in [3.63, 3.8) is 0 Å². The van der Waals surface area contributed by atoms with Crippen LogP contribution >= 0.6 is 0 Å². The van der Waals surface area contributed by atoms with Gasteiger partial charge < -0.3 is 19.7 Å². The second-order valence-corrected chi connectivity index (χ2v) is 6.41. The van der Waals surface area contributed by atoms with Gasteiger partial charge in [0.2, 0.25) is 0 Å². The van der Waals surface area contributed by atoms with Crippen LogP contribution in [0, 0.1) is 0 Å². The quantitative estimate of drug-likeness (QED) is 0.895. The molecule has 4 rings (SSSR count). The molecule has 1 aromatic carbocycles. The van der Waals surface area contributed by atoms with E-state index in [2.05, 4.69) is 15.3 Å². The summed E-state index contributed by atoms with van der Waals surface area (Å²) in [6.07, 6.45) is 3.59. The van der Waals surface area contributed by atoms with E-state index in [4.69, 9.17) is 9.47 Å². The van der Waals surface area contributed by atoms with Gasteiger partial charge in [-0.25, -0.2) is 14.8 Å². The molecule has 7 nitrogen and oxygen atoms in total. The fourth-order valence-electron chi connectivity index (χ4n) is 3.47. The molecule has 0 atom stereocenters. The van der Waals surface area contributed by atoms with Crippen LogP contribution in [0.15, 0.2) is 24.5 Å². The van der Waals surface area contributed by atoms with Crippen LogP contribution in [-0.2, 0) is 4.74 Å². The Balaban J connectivity index is 1.45. The number of carbonyl (C=O) groups excluding carboxylic acids is 1. The lowest BCUT2D eigenvalue weighted by Gasteiger charge is -2.23. The van der Waals surface area contributed by atoms with Crippen molar-refractivity contribution in [2.24, 2.45) is 0 Å². The smallest absolute Gasteiger partial charge is 0.410 e. The standard InChI is InChI=1S/C18H22N4O3/c23-18-22(8-10-25-18)7-9-24-14-1-2-15-16(11-14)20-12-21-17(15)13-3-5-19-6-4-13/h1-2,11-13,19H,3-10H2. The molecule has 2 fully saturated rings. The van der Waals surface area contributed by atoms with Gasteiger partial charge in [-0.1, -0.05) is 0 Å². The molecule has 0 unspecified atom stereocenters. The van der Waals surface area contributed by atoms with E-state index >= 15 is 0 Å². The summed E-state index contributed by atoms with van der Waals surface area (Å²) in [6.45, 7) is 4.14. The van der Waals surface area contributed by atoms with Gasteiger partial charge in [-0.2, -0.15) is 0 Å². The van der Waals surface area contributed by atoms with Crippen LogP contribution in [0.5, 0.6) is 5.75 Å². The molecule has 1 amide bonds. The van der Waals surface area contributed by atoms with Gasteiger partial charge in [-0.05, 0) is 38.1 Å². The number of carbonyl (C=O) groups is 1. The van der Waals surface area contributed by atoms with Crippen molar-refractivity contribution >= 4 is 17.0 Å². The van der Waals surface area contributed by atoms with E-state index in [9.17, 15) is 4.79 Å². The number of hydrogen-bond acceptors (Lipinski definition) is 6. The summed E-state index contributed by atoms with van der Waals surface area (Å²) in [5, 5.41) is 4.49. The van der Waals surface area contributed by atoms with Gasteiger partial charge >= 0.3 is 6.09 Å². The summed E-state index contributed by atoms with van der Waals surface area (Å²) in [6, 6.07) is 5.95. The van der Waals surface area contributed by atoms with Gasteiger partial charge in [-0.15, -0.1) is 0 Å². The number of amides is 1. The van der Waals surface area contributed by atoms with E-state index in [1.165, 1.54) is 0 Å². The summed E-state index contributed by atoms with van der Waals surface area (Å²) in [5.41, 5.74) is 2.04. The molecule has 0 spiro atoms. The highest BCUT2D eigenvalue weighted by atomic mass is 16.6. The lowest BCUT2D eigenvalue weighted by Crippen LogP contribution is -2.29. The zero-order valence-electron chi connectivity index (χ0n) is 14.1. The molecule has 132 valence electrons. The molecule has 1 aromatic heterocycles. The van der Waals surface area contributed by atoms with Gasteiger partial charge in [0, 0.05) is 17.4 Å². The summed E-state index contributed by atoms with van der Waals surface area (Å²) >= 11 is 0. The number of rotatable bonds is 5. The molecule has 0 radical (unpaired) electrons. The molecule has 3 heterocycles. The van der Waals surface area contributed by atoms with E-state index in [0.29, 0.717) is 32.2 Å². The second-order valence-electron chi connectivity index (χ2n) is 6.41. The minimum atomic E-state index is -0.263. The highest BCUT2D eigenvalue weighted by molar-refractivity contribution is 5.82. The number of nitrogens with one attached hydrogen (secondary N) is 1. The number of cyclic esters (lactones) is 1. The van der Waals surface area contributed by atoms with Crippen molar-refractivity contribution in [1.29, 1.82) is 0 Å². The van der Waals surface area contributed by atoms with Crippen molar-refractivity contribution in [2.45, 2.75) is 18.8 Å². The largest absolute Gasteiger partial charge is 0.492 e. The first-order chi connectivity index (χ1) is 12.3. The highest BCUT2D eigenvalue weighted by Gasteiger charge is 2.21. The fraction of sp³-hybridized carbons (Fsp3) is 0.500. The Labute approximate surface area is 146 Å². The van der Waals surface area contributed by atoms with E-state index < -0.39 is 0 Å². The topological polar surface area (TPSA) is 76.6 Å². The molecule has 7 heteroatoms. The number of hydrogen-bond donors (Lipinski definition) is 1. The molecule has 2 aliphatic heterocycles. The zero-order valence-corrected chi connectivity index (χ0v) is 14.1. The highest BCUT2D eigenvalue weighted by Crippen LogP contribution is 2.30. The Morgan fingerprint density at radius 2 is 2.16 bits per heavy atom. The first kappa shape index (κ1) is 16.1. The predicted molar refractivity (Wildman–Crippen MR) is 92.8 cm³/mol. The number of nitrogens with zero attached hydrogens (tertiary/aromatic N) is 3. The van der Waals surface area contributed by atoms with Crippen LogP contribution in [0.3, 0.4) is 0 Å². The first-order valence-electron chi connectivity index (χ1n) is 8.81. The molecule has 2 aromatic rings. The Morgan fingerprint density at radius 3 is 2.96 bits per heavy atom. The average molecular weight is 342 g/mol. The monoisotopic (exact) mass is 342 g/mol. The molecule has 0 saturated carbocycles. The lowest BCUT2D eigenvalue weighted by molar-refractivity contribution is 0.153. The van der Waals surface area contributed by atoms with Crippen LogP contribution in [0.1, 0.15) is 24.5 Å². The number of aromatic nitrogens is 2. The van der Waals surface area contributed by atoms with Crippen LogP contribution in [0.25, 0.3) is 10.9 Å². The maximum absolute atomic E-state index is 11.4. The third-order valence-corrected chi connectivity index (χ3v) is 4.84. The third kappa shape index (κ3) is 3.51. The normalized spacial score (nSPS) is 18.6. The van der Waals surface area contributed by atoms with E-state index in [-0.39, 0.29) is 6.09 Å². The van der Waals surface area contributed by atoms with E-state index in [1.54, 1.807) is 11.2 Å². The summed E-state index contributed by atoms with van der Waals surface area (Å²) < 4.78 is 10.7. The molecule has 2 aliphatic rings. The molecule has 25 heavy (non-hydrogen) atoms. The Hall–Kier alpha value is -2.41. The minimum absolute atomic E-state index is 0.263. The summed E-state index contributed by atoms with van der Waals surface area (Å²) in [5.74, 6) is 1.25. The average Bonchev–Trinajstić information content (AvgIpc) is 3.07. The lowest BCUT2D eigenvalue weighted by atomic mass is 9.92. The van der Waals surface area contributed by atoms with Crippen LogP contribution in [0.4, 0.5) is 4.79 Å². The number of fused-ring (bicyclic) bond motifs is 1. The predicted octanol–water partition coefficient (Wildman–Crippen LogP) is 1.93. The fourth-order valence-corrected chi connectivity index (χ4v) is 3.47. The van der Waals surface area contributed by atoms with Crippen molar-refractivity contribution in [1.82, 2.24) is 20.2 Å². The van der Waals surface area contributed by atoms with Gasteiger partial charge in [0.1, 0.15) is 25.3 Å². The SMILES string of the molecule is O=C1OCCN1CCOc1ccc2c(C3CCNCC3)ncnc2c1. The Kier molecular flexibility index (Phi) is 4.65. The number of piperidine rings is 1. The van der Waals surface area contributed by atoms with Gasteiger partial charge in [0.25, 0.3) is 0 Å². The summed E-state index contributed by atoms with van der Waals surface area (Å²) in [4.78, 5) is 22.0. The molecule has 0 bridgehead atoms.